The van der Waals surface area contributed by atoms with Gasteiger partial charge < -0.3 is 10.1 Å². The van der Waals surface area contributed by atoms with Gasteiger partial charge in [-0.25, -0.2) is 4.68 Å². The van der Waals surface area contributed by atoms with Crippen molar-refractivity contribution in [1.29, 1.82) is 0 Å². The Labute approximate surface area is 147 Å². The van der Waals surface area contributed by atoms with Gasteiger partial charge in [0, 0.05) is 6.07 Å². The zero-order valence-corrected chi connectivity index (χ0v) is 15.2. The van der Waals surface area contributed by atoms with Crippen molar-refractivity contribution < 1.29 is 9.53 Å². The molecule has 2 aromatic rings. The number of rotatable bonds is 6. The normalized spacial score (nSPS) is 11.2. The van der Waals surface area contributed by atoms with Crippen molar-refractivity contribution >= 4 is 5.91 Å². The van der Waals surface area contributed by atoms with E-state index >= 15 is 0 Å². The predicted molar refractivity (Wildman–Crippen MR) is 96.9 cm³/mol. The second kappa shape index (κ2) is 7.96. The fourth-order valence-electron chi connectivity index (χ4n) is 2.27. The van der Waals surface area contributed by atoms with Crippen molar-refractivity contribution in [1.82, 2.24) is 15.1 Å². The van der Waals surface area contributed by atoms with E-state index < -0.39 is 0 Å². The Morgan fingerprint density at radius 3 is 2.48 bits per heavy atom. The van der Waals surface area contributed by atoms with Crippen LogP contribution in [-0.4, -0.2) is 28.8 Å². The number of nitrogens with zero attached hydrogens (tertiary/aromatic N) is 2. The van der Waals surface area contributed by atoms with E-state index in [0.717, 1.165) is 10.4 Å². The first-order chi connectivity index (χ1) is 11.8. The van der Waals surface area contributed by atoms with Gasteiger partial charge in [0.2, 0.25) is 5.91 Å². The van der Waals surface area contributed by atoms with Crippen LogP contribution in [0.3, 0.4) is 0 Å². The summed E-state index contributed by atoms with van der Waals surface area (Å²) in [4.78, 5) is 23.5. The first-order valence-electron chi connectivity index (χ1n) is 8.30. The molecule has 1 heterocycles. The number of aryl methyl sites for hydroxylation is 1. The van der Waals surface area contributed by atoms with Crippen molar-refractivity contribution in [3.8, 4) is 5.75 Å². The molecule has 0 atom stereocenters. The third-order valence-corrected chi connectivity index (χ3v) is 3.71. The van der Waals surface area contributed by atoms with E-state index in [2.05, 4.69) is 31.2 Å². The van der Waals surface area contributed by atoms with Crippen LogP contribution in [0.15, 0.2) is 41.2 Å². The summed E-state index contributed by atoms with van der Waals surface area (Å²) in [6.07, 6.45) is 0. The molecule has 0 aliphatic rings. The number of carbonyl (C=O) groups excluding carboxylic acids is 1. The average molecular weight is 343 g/mol. The zero-order valence-electron chi connectivity index (χ0n) is 15.2. The van der Waals surface area contributed by atoms with Crippen molar-refractivity contribution in [2.75, 3.05) is 13.2 Å². The number of ether oxygens (including phenoxy) is 1. The van der Waals surface area contributed by atoms with Gasteiger partial charge in [0.15, 0.2) is 0 Å². The lowest BCUT2D eigenvalue weighted by atomic mass is 9.87. The van der Waals surface area contributed by atoms with Gasteiger partial charge in [-0.3, -0.25) is 9.59 Å². The van der Waals surface area contributed by atoms with Crippen LogP contribution in [0, 0.1) is 6.92 Å². The molecule has 6 heteroatoms. The Hall–Kier alpha value is -2.63. The lowest BCUT2D eigenvalue weighted by Crippen LogP contribution is -2.35. The highest BCUT2D eigenvalue weighted by molar-refractivity contribution is 5.75. The summed E-state index contributed by atoms with van der Waals surface area (Å²) in [5, 5.41) is 6.75. The van der Waals surface area contributed by atoms with Gasteiger partial charge in [0.25, 0.3) is 5.56 Å². The van der Waals surface area contributed by atoms with Gasteiger partial charge in [-0.1, -0.05) is 32.9 Å². The van der Waals surface area contributed by atoms with Gasteiger partial charge in [0.05, 0.1) is 12.2 Å². The summed E-state index contributed by atoms with van der Waals surface area (Å²) >= 11 is 0. The molecular formula is C19H25N3O3. The van der Waals surface area contributed by atoms with E-state index in [0.29, 0.717) is 18.8 Å². The molecule has 2 rings (SSSR count). The number of nitrogens with one attached hydrogen (secondary N) is 1. The molecule has 0 aliphatic heterocycles. The largest absolute Gasteiger partial charge is 0.492 e. The highest BCUT2D eigenvalue weighted by Gasteiger charge is 2.13. The Bertz CT molecular complexity index is 774. The van der Waals surface area contributed by atoms with Crippen molar-refractivity contribution in [3.05, 3.63) is 58.0 Å². The third kappa shape index (κ3) is 5.74. The second-order valence-corrected chi connectivity index (χ2v) is 6.94. The molecule has 0 saturated carbocycles. The van der Waals surface area contributed by atoms with Crippen LogP contribution in [0.1, 0.15) is 32.0 Å². The van der Waals surface area contributed by atoms with E-state index in [1.807, 2.05) is 24.3 Å². The standard InChI is InChI=1S/C19H25N3O3/c1-14-5-10-18(24)22(21-14)13-17(23)20-11-12-25-16-8-6-15(7-9-16)19(2,3)4/h5-10H,11-13H2,1-4H3,(H,20,23). The van der Waals surface area contributed by atoms with E-state index in [1.165, 1.54) is 11.6 Å². The molecule has 1 amide bonds. The minimum Gasteiger partial charge on any atom is -0.492 e. The van der Waals surface area contributed by atoms with Gasteiger partial charge >= 0.3 is 0 Å². The van der Waals surface area contributed by atoms with E-state index in [-0.39, 0.29) is 23.4 Å². The van der Waals surface area contributed by atoms with Crippen LogP contribution < -0.4 is 15.6 Å². The lowest BCUT2D eigenvalue weighted by molar-refractivity contribution is -0.122. The molecule has 25 heavy (non-hydrogen) atoms. The molecule has 0 fully saturated rings. The third-order valence-electron chi connectivity index (χ3n) is 3.71. The molecule has 0 unspecified atom stereocenters. The molecule has 6 nitrogen and oxygen atoms in total. The van der Waals surface area contributed by atoms with Crippen LogP contribution in [0.4, 0.5) is 0 Å². The first kappa shape index (κ1) is 18.7. The Morgan fingerprint density at radius 2 is 1.84 bits per heavy atom. The van der Waals surface area contributed by atoms with Crippen LogP contribution in [-0.2, 0) is 16.8 Å². The predicted octanol–water partition coefficient (Wildman–Crippen LogP) is 2.04. The number of amides is 1. The van der Waals surface area contributed by atoms with Crippen molar-refractivity contribution in [3.63, 3.8) is 0 Å². The highest BCUT2D eigenvalue weighted by Crippen LogP contribution is 2.24. The quantitative estimate of drug-likeness (QED) is 0.815. The molecule has 0 aliphatic carbocycles. The maximum Gasteiger partial charge on any atom is 0.267 e. The molecule has 134 valence electrons. The highest BCUT2D eigenvalue weighted by atomic mass is 16.5. The minimum atomic E-state index is -0.295. The molecule has 0 spiro atoms. The zero-order chi connectivity index (χ0) is 18.4. The number of aromatic nitrogens is 2. The molecular weight excluding hydrogens is 318 g/mol. The Balaban J connectivity index is 1.76. The molecule has 0 radical (unpaired) electrons. The van der Waals surface area contributed by atoms with E-state index in [9.17, 15) is 9.59 Å². The van der Waals surface area contributed by atoms with E-state index in [1.54, 1.807) is 13.0 Å². The second-order valence-electron chi connectivity index (χ2n) is 6.94. The van der Waals surface area contributed by atoms with Crippen LogP contribution in [0.2, 0.25) is 0 Å². The summed E-state index contributed by atoms with van der Waals surface area (Å²) in [5.74, 6) is 0.491. The maximum absolute atomic E-state index is 11.9. The summed E-state index contributed by atoms with van der Waals surface area (Å²) in [7, 11) is 0. The molecule has 0 saturated heterocycles. The van der Waals surface area contributed by atoms with E-state index in [4.69, 9.17) is 4.74 Å². The van der Waals surface area contributed by atoms with Crippen molar-refractivity contribution in [2.45, 2.75) is 39.7 Å². The van der Waals surface area contributed by atoms with Gasteiger partial charge in [-0.15, -0.1) is 0 Å². The summed E-state index contributed by atoms with van der Waals surface area (Å²) in [5.41, 5.74) is 1.74. The Morgan fingerprint density at radius 1 is 1.16 bits per heavy atom. The summed E-state index contributed by atoms with van der Waals surface area (Å²) < 4.78 is 6.77. The van der Waals surface area contributed by atoms with Gasteiger partial charge in [-0.2, -0.15) is 5.10 Å². The summed E-state index contributed by atoms with van der Waals surface area (Å²) in [6.45, 7) is 8.87. The summed E-state index contributed by atoms with van der Waals surface area (Å²) in [6, 6.07) is 11.0. The van der Waals surface area contributed by atoms with Crippen LogP contribution in [0.25, 0.3) is 0 Å². The molecule has 1 N–H and O–H groups in total. The molecule has 1 aromatic carbocycles. The van der Waals surface area contributed by atoms with Gasteiger partial charge in [0.1, 0.15) is 18.9 Å². The molecule has 0 bridgehead atoms. The van der Waals surface area contributed by atoms with Crippen molar-refractivity contribution in [2.24, 2.45) is 0 Å². The Kier molecular flexibility index (Phi) is 5.96. The molecule has 1 aromatic heterocycles. The average Bonchev–Trinajstić information content (AvgIpc) is 2.55. The number of hydrogen-bond donors (Lipinski definition) is 1. The first-order valence-corrected chi connectivity index (χ1v) is 8.30. The number of benzene rings is 1. The maximum atomic E-state index is 11.9. The van der Waals surface area contributed by atoms with Crippen LogP contribution >= 0.6 is 0 Å². The SMILES string of the molecule is Cc1ccc(=O)n(CC(=O)NCCOc2ccc(C(C)(C)C)cc2)n1. The number of carbonyl (C=O) groups is 1. The smallest absolute Gasteiger partial charge is 0.267 e. The topological polar surface area (TPSA) is 73.2 Å². The lowest BCUT2D eigenvalue weighted by Gasteiger charge is -2.19. The fourth-order valence-corrected chi connectivity index (χ4v) is 2.27. The monoisotopic (exact) mass is 343 g/mol. The number of hydrogen-bond acceptors (Lipinski definition) is 4. The van der Waals surface area contributed by atoms with Crippen LogP contribution in [0.5, 0.6) is 5.75 Å². The minimum absolute atomic E-state index is 0.0964. The fraction of sp³-hybridized carbons (Fsp3) is 0.421. The van der Waals surface area contributed by atoms with Gasteiger partial charge in [-0.05, 0) is 36.1 Å².